The Bertz CT molecular complexity index is 450. The highest BCUT2D eigenvalue weighted by atomic mass is 16.5. The molecule has 1 aromatic carbocycles. The van der Waals surface area contributed by atoms with E-state index in [1.54, 1.807) is 7.11 Å². The number of ether oxygens (including phenoxy) is 1. The lowest BCUT2D eigenvalue weighted by atomic mass is 9.81. The number of carbonyl (C=O) groups is 1. The highest BCUT2D eigenvalue weighted by molar-refractivity contribution is 5.83. The van der Waals surface area contributed by atoms with Crippen molar-refractivity contribution < 1.29 is 9.53 Å². The number of benzene rings is 1. The molecular formula is C17H26N2O2. The Hall–Kier alpha value is -1.55. The predicted octanol–water partition coefficient (Wildman–Crippen LogP) is 2.13. The van der Waals surface area contributed by atoms with E-state index < -0.39 is 0 Å². The van der Waals surface area contributed by atoms with Crippen LogP contribution in [0.2, 0.25) is 0 Å². The van der Waals surface area contributed by atoms with E-state index in [2.05, 4.69) is 17.6 Å². The van der Waals surface area contributed by atoms with Crippen molar-refractivity contribution in [3.05, 3.63) is 29.8 Å². The Balaban J connectivity index is 1.82. The van der Waals surface area contributed by atoms with Crippen molar-refractivity contribution in [2.24, 2.45) is 5.41 Å². The first-order valence-electron chi connectivity index (χ1n) is 7.82. The molecule has 0 spiro atoms. The zero-order chi connectivity index (χ0) is 15.1. The quantitative estimate of drug-likeness (QED) is 0.809. The van der Waals surface area contributed by atoms with Crippen molar-refractivity contribution in [1.29, 1.82) is 0 Å². The van der Waals surface area contributed by atoms with Crippen molar-refractivity contribution in [2.45, 2.75) is 32.6 Å². The van der Waals surface area contributed by atoms with Gasteiger partial charge in [-0.25, -0.2) is 0 Å². The van der Waals surface area contributed by atoms with E-state index in [0.29, 0.717) is 6.54 Å². The van der Waals surface area contributed by atoms with Crippen LogP contribution in [0.4, 0.5) is 0 Å². The van der Waals surface area contributed by atoms with Gasteiger partial charge in [0.1, 0.15) is 5.75 Å². The second kappa shape index (κ2) is 7.46. The van der Waals surface area contributed by atoms with Gasteiger partial charge in [0.15, 0.2) is 0 Å². The third kappa shape index (κ3) is 3.97. The van der Waals surface area contributed by atoms with Crippen molar-refractivity contribution in [3.8, 4) is 5.75 Å². The molecule has 0 saturated carbocycles. The largest absolute Gasteiger partial charge is 0.497 e. The summed E-state index contributed by atoms with van der Waals surface area (Å²) in [6.45, 7) is 4.60. The number of hydrogen-bond donors (Lipinski definition) is 2. The van der Waals surface area contributed by atoms with Crippen molar-refractivity contribution >= 4 is 5.91 Å². The summed E-state index contributed by atoms with van der Waals surface area (Å²) in [5.74, 6) is 1.07. The minimum absolute atomic E-state index is 0.186. The molecule has 1 unspecified atom stereocenters. The van der Waals surface area contributed by atoms with E-state index in [1.165, 1.54) is 5.56 Å². The van der Waals surface area contributed by atoms with Gasteiger partial charge in [-0.15, -0.1) is 0 Å². The predicted molar refractivity (Wildman–Crippen MR) is 84.5 cm³/mol. The van der Waals surface area contributed by atoms with E-state index in [4.69, 9.17) is 4.74 Å². The van der Waals surface area contributed by atoms with E-state index in [-0.39, 0.29) is 11.3 Å². The average Bonchev–Trinajstić information content (AvgIpc) is 2.98. The Morgan fingerprint density at radius 3 is 2.71 bits per heavy atom. The van der Waals surface area contributed by atoms with Crippen LogP contribution in [0.5, 0.6) is 5.75 Å². The standard InChI is InChI=1S/C17H26N2O2/c1-3-9-17(10-12-18-13-17)16(20)19-11-8-14-4-6-15(21-2)7-5-14/h4-7,18H,3,8-13H2,1-2H3,(H,19,20). The first-order valence-corrected chi connectivity index (χ1v) is 7.82. The molecule has 0 bridgehead atoms. The zero-order valence-corrected chi connectivity index (χ0v) is 13.1. The molecule has 2 rings (SSSR count). The molecule has 1 aliphatic heterocycles. The highest BCUT2D eigenvalue weighted by Crippen LogP contribution is 2.31. The number of hydrogen-bond acceptors (Lipinski definition) is 3. The molecule has 4 nitrogen and oxygen atoms in total. The van der Waals surface area contributed by atoms with Crippen LogP contribution in [0.15, 0.2) is 24.3 Å². The average molecular weight is 290 g/mol. The lowest BCUT2D eigenvalue weighted by molar-refractivity contribution is -0.130. The zero-order valence-electron chi connectivity index (χ0n) is 13.1. The van der Waals surface area contributed by atoms with Gasteiger partial charge in [0, 0.05) is 13.1 Å². The number of carbonyl (C=O) groups excluding carboxylic acids is 1. The monoisotopic (exact) mass is 290 g/mol. The van der Waals surface area contributed by atoms with Gasteiger partial charge in [0.2, 0.25) is 5.91 Å². The van der Waals surface area contributed by atoms with E-state index in [0.717, 1.165) is 44.5 Å². The Kier molecular flexibility index (Phi) is 5.62. The molecular weight excluding hydrogens is 264 g/mol. The van der Waals surface area contributed by atoms with Crippen LogP contribution in [0.1, 0.15) is 31.7 Å². The fourth-order valence-electron chi connectivity index (χ4n) is 3.04. The number of rotatable bonds is 7. The molecule has 2 N–H and O–H groups in total. The Morgan fingerprint density at radius 1 is 1.38 bits per heavy atom. The molecule has 21 heavy (non-hydrogen) atoms. The number of nitrogens with one attached hydrogen (secondary N) is 2. The molecule has 1 atom stereocenters. The fourth-order valence-corrected chi connectivity index (χ4v) is 3.04. The summed E-state index contributed by atoms with van der Waals surface area (Å²) in [6, 6.07) is 8.00. The molecule has 1 aliphatic rings. The molecule has 1 aromatic rings. The van der Waals surface area contributed by atoms with Crippen LogP contribution >= 0.6 is 0 Å². The smallest absolute Gasteiger partial charge is 0.227 e. The van der Waals surface area contributed by atoms with Crippen molar-refractivity contribution in [3.63, 3.8) is 0 Å². The first-order chi connectivity index (χ1) is 10.2. The normalized spacial score (nSPS) is 21.2. The van der Waals surface area contributed by atoms with E-state index in [9.17, 15) is 4.79 Å². The van der Waals surface area contributed by atoms with Gasteiger partial charge in [-0.3, -0.25) is 4.79 Å². The van der Waals surface area contributed by atoms with Gasteiger partial charge in [-0.1, -0.05) is 25.5 Å². The molecule has 0 radical (unpaired) electrons. The van der Waals surface area contributed by atoms with Gasteiger partial charge in [-0.05, 0) is 43.5 Å². The van der Waals surface area contributed by atoms with Gasteiger partial charge in [-0.2, -0.15) is 0 Å². The minimum Gasteiger partial charge on any atom is -0.497 e. The molecule has 0 aromatic heterocycles. The summed E-state index contributed by atoms with van der Waals surface area (Å²) < 4.78 is 5.14. The SMILES string of the molecule is CCCC1(C(=O)NCCc2ccc(OC)cc2)CCNC1. The molecule has 116 valence electrons. The van der Waals surface area contributed by atoms with Gasteiger partial charge >= 0.3 is 0 Å². The molecule has 1 fully saturated rings. The highest BCUT2D eigenvalue weighted by Gasteiger charge is 2.39. The number of methoxy groups -OCH3 is 1. The maximum Gasteiger partial charge on any atom is 0.227 e. The van der Waals surface area contributed by atoms with Gasteiger partial charge in [0.05, 0.1) is 12.5 Å². The summed E-state index contributed by atoms with van der Waals surface area (Å²) >= 11 is 0. The molecule has 1 heterocycles. The van der Waals surface area contributed by atoms with Crippen LogP contribution < -0.4 is 15.4 Å². The Morgan fingerprint density at radius 2 is 2.14 bits per heavy atom. The Labute approximate surface area is 127 Å². The maximum atomic E-state index is 12.5. The molecule has 4 heteroatoms. The summed E-state index contributed by atoms with van der Waals surface area (Å²) in [5.41, 5.74) is 1.03. The van der Waals surface area contributed by atoms with Crippen molar-refractivity contribution in [2.75, 3.05) is 26.7 Å². The third-order valence-electron chi connectivity index (χ3n) is 4.31. The van der Waals surface area contributed by atoms with Crippen LogP contribution in [0, 0.1) is 5.41 Å². The maximum absolute atomic E-state index is 12.5. The second-order valence-corrected chi connectivity index (χ2v) is 5.81. The molecule has 0 aliphatic carbocycles. The summed E-state index contributed by atoms with van der Waals surface area (Å²) in [7, 11) is 1.66. The van der Waals surface area contributed by atoms with Crippen LogP contribution in [-0.4, -0.2) is 32.7 Å². The third-order valence-corrected chi connectivity index (χ3v) is 4.31. The lowest BCUT2D eigenvalue weighted by Crippen LogP contribution is -2.43. The van der Waals surface area contributed by atoms with Gasteiger partial charge < -0.3 is 15.4 Å². The van der Waals surface area contributed by atoms with Crippen LogP contribution in [-0.2, 0) is 11.2 Å². The van der Waals surface area contributed by atoms with Crippen LogP contribution in [0.3, 0.4) is 0 Å². The van der Waals surface area contributed by atoms with Crippen LogP contribution in [0.25, 0.3) is 0 Å². The minimum atomic E-state index is -0.186. The summed E-state index contributed by atoms with van der Waals surface area (Å²) in [6.07, 6.45) is 3.82. The fraction of sp³-hybridized carbons (Fsp3) is 0.588. The van der Waals surface area contributed by atoms with Crippen molar-refractivity contribution in [1.82, 2.24) is 10.6 Å². The first kappa shape index (κ1) is 15.8. The number of amides is 1. The van der Waals surface area contributed by atoms with E-state index in [1.807, 2.05) is 24.3 Å². The molecule has 1 saturated heterocycles. The summed E-state index contributed by atoms with van der Waals surface area (Å²) in [4.78, 5) is 12.5. The van der Waals surface area contributed by atoms with Gasteiger partial charge in [0.25, 0.3) is 0 Å². The lowest BCUT2D eigenvalue weighted by Gasteiger charge is -2.26. The van der Waals surface area contributed by atoms with E-state index >= 15 is 0 Å². The molecule has 1 amide bonds. The second-order valence-electron chi connectivity index (χ2n) is 5.81. The summed E-state index contributed by atoms with van der Waals surface area (Å²) in [5, 5.41) is 6.44. The topological polar surface area (TPSA) is 50.4 Å².